The second kappa shape index (κ2) is 32.2. The third kappa shape index (κ3) is 19.7. The molecule has 0 bridgehead atoms. The number of aromatic nitrogens is 3. The maximum atomic E-state index is 15.3. The van der Waals surface area contributed by atoms with E-state index in [9.17, 15) is 29.1 Å². The molecule has 0 spiro atoms. The maximum Gasteiger partial charge on any atom is 0.326 e. The van der Waals surface area contributed by atoms with Crippen LogP contribution in [0.15, 0.2) is 106 Å². The lowest BCUT2D eigenvalue weighted by atomic mass is 9.99. The Kier molecular flexibility index (Phi) is 24.4. The minimum atomic E-state index is -1.45. The number of guanidine groups is 3. The first kappa shape index (κ1) is 64.5. The van der Waals surface area contributed by atoms with Crippen LogP contribution in [0.1, 0.15) is 74.5 Å². The Balaban J connectivity index is 1.35. The number of para-hydroxylation sites is 3. The molecule has 6 rings (SSSR count). The molecule has 0 aliphatic carbocycles. The molecule has 28 nitrogen and oxygen atoms in total. The van der Waals surface area contributed by atoms with Crippen LogP contribution >= 0.6 is 0 Å². The van der Waals surface area contributed by atoms with E-state index in [0.29, 0.717) is 42.5 Å². The Morgan fingerprint density at radius 2 is 0.718 bits per heavy atom. The van der Waals surface area contributed by atoms with Gasteiger partial charge in [-0.25, -0.2) is 4.79 Å². The second-order valence-electron chi connectivity index (χ2n) is 20.6. The number of unbranched alkanes of at least 4 members (excludes halogenated alkanes) is 1. The highest BCUT2D eigenvalue weighted by molar-refractivity contribution is 5.98. The number of H-pyrrole nitrogens is 3. The zero-order valence-electron chi connectivity index (χ0n) is 47.3. The number of carbonyl (C=O) groups excluding carboxylic acids is 6. The molecule has 0 aliphatic heterocycles. The van der Waals surface area contributed by atoms with Crippen molar-refractivity contribution in [1.82, 2.24) is 46.9 Å². The number of nitrogens with zero attached hydrogens (tertiary/aromatic N) is 3. The number of rotatable bonds is 35. The molecular weight excluding hydrogens is 1090 g/mol. The molecule has 0 saturated heterocycles. The molecule has 456 valence electrons. The number of nitrogens with one attached hydrogen (secondary N) is 9. The van der Waals surface area contributed by atoms with Gasteiger partial charge in [0, 0.05) is 90.2 Å². The summed E-state index contributed by atoms with van der Waals surface area (Å²) in [5.74, 6) is -6.49. The Labute approximate surface area is 490 Å². The lowest BCUT2D eigenvalue weighted by molar-refractivity contribution is -0.142. The number of fused-ring (bicyclic) bond motifs is 3. The Morgan fingerprint density at radius 1 is 0.412 bits per heavy atom. The molecule has 85 heavy (non-hydrogen) atoms. The SMILES string of the molecule is NCCCC[C@H](NC(=O)[C@H](Cc1c[nH]c2ccccc12)NC(=O)[C@H](Cc1c[nH]c2ccccc12)NC(=O)[C@H](Cc1c[nH]c2ccccc12)NC(=O)[C@H](CCCN=C(N)N)NC(=O)[C@H](CCCN=C(N)N)NC(=O)[C@@H](N)CCCN=C(N)N)C(=O)O. The van der Waals surface area contributed by atoms with Gasteiger partial charge < -0.3 is 97.8 Å². The third-order valence-electron chi connectivity index (χ3n) is 14.2. The van der Waals surface area contributed by atoms with E-state index in [1.54, 1.807) is 18.6 Å². The van der Waals surface area contributed by atoms with Gasteiger partial charge in [0.15, 0.2) is 17.9 Å². The molecule has 6 aromatic rings. The predicted octanol–water partition coefficient (Wildman–Crippen LogP) is -1.23. The number of hydrogen-bond donors (Lipinski definition) is 18. The molecule has 7 atom stereocenters. The van der Waals surface area contributed by atoms with E-state index in [1.165, 1.54) is 0 Å². The maximum absolute atomic E-state index is 15.3. The molecule has 0 radical (unpaired) electrons. The molecular formula is C57H80N20O8. The van der Waals surface area contributed by atoms with Crippen LogP contribution in [0.25, 0.3) is 32.7 Å². The number of carboxylic acid groups (broad SMARTS) is 1. The normalized spacial score (nSPS) is 13.7. The number of benzene rings is 3. The summed E-state index contributed by atoms with van der Waals surface area (Å²) in [5, 5.41) is 29.1. The summed E-state index contributed by atoms with van der Waals surface area (Å²) in [4.78, 5) is 122. The molecule has 3 heterocycles. The minimum Gasteiger partial charge on any atom is -0.480 e. The van der Waals surface area contributed by atoms with E-state index in [2.05, 4.69) is 61.8 Å². The van der Waals surface area contributed by atoms with Gasteiger partial charge in [-0.3, -0.25) is 43.7 Å². The molecule has 6 amide bonds. The first-order valence-electron chi connectivity index (χ1n) is 28.1. The third-order valence-corrected chi connectivity index (χ3v) is 14.2. The fourth-order valence-electron chi connectivity index (χ4n) is 9.77. The minimum absolute atomic E-state index is 0.00210. The van der Waals surface area contributed by atoms with Crippen molar-refractivity contribution in [2.45, 2.75) is 119 Å². The zero-order chi connectivity index (χ0) is 61.4. The van der Waals surface area contributed by atoms with Crippen LogP contribution in [0.3, 0.4) is 0 Å². The number of carboxylic acids is 1. The van der Waals surface area contributed by atoms with Crippen molar-refractivity contribution in [3.8, 4) is 0 Å². The number of aliphatic imine (C=N–C) groups is 3. The van der Waals surface area contributed by atoms with E-state index in [-0.39, 0.29) is 95.3 Å². The van der Waals surface area contributed by atoms with Gasteiger partial charge in [0.25, 0.3) is 0 Å². The Hall–Kier alpha value is -9.70. The highest BCUT2D eigenvalue weighted by Crippen LogP contribution is 2.23. The standard InChI is InChI=1S/C57H80N20O8/c58-22-8-7-19-44(54(84)85)74-51(81)45(26-32-29-69-39-16-4-1-12-35(32)39)76-53(83)47(28-34-31-71-41-18-6-3-14-37(34)41)77-52(82)46(27-33-30-70-40-17-5-2-13-36(33)40)75-50(80)43(21-11-25-68-57(64)65)73-49(79)42(20-10-24-67-56(62)63)72-48(78)38(59)15-9-23-66-55(60)61/h1-6,12-14,16-18,29-31,38,42-47,69-71H,7-11,15,19-28,58-59H2,(H,72,78)(H,73,79)(H,74,81)(H,75,80)(H,76,83)(H,77,82)(H,84,85)(H4,60,61,66)(H4,62,63,67)(H4,64,65,68)/t38-,42-,43-,44-,45-,46-,47-/m0/s1. The Morgan fingerprint density at radius 3 is 1.07 bits per heavy atom. The molecule has 0 saturated carbocycles. The molecule has 0 aliphatic rings. The Bertz CT molecular complexity index is 3320. The summed E-state index contributed by atoms with van der Waals surface area (Å²) in [6.45, 7) is 0.666. The summed E-state index contributed by atoms with van der Waals surface area (Å²) < 4.78 is 0. The highest BCUT2D eigenvalue weighted by Gasteiger charge is 2.35. The predicted molar refractivity (Wildman–Crippen MR) is 326 cm³/mol. The van der Waals surface area contributed by atoms with Crippen LogP contribution in [0.4, 0.5) is 0 Å². The quantitative estimate of drug-likeness (QED) is 0.0126. The van der Waals surface area contributed by atoms with Gasteiger partial charge in [0.05, 0.1) is 6.04 Å². The molecule has 28 heteroatoms. The van der Waals surface area contributed by atoms with Crippen LogP contribution in [0.5, 0.6) is 0 Å². The highest BCUT2D eigenvalue weighted by atomic mass is 16.4. The molecule has 0 unspecified atom stereocenters. The molecule has 3 aromatic carbocycles. The van der Waals surface area contributed by atoms with Crippen LogP contribution in [0, 0.1) is 0 Å². The van der Waals surface area contributed by atoms with Crippen molar-refractivity contribution < 1.29 is 38.7 Å². The summed E-state index contributed by atoms with van der Waals surface area (Å²) in [7, 11) is 0. The van der Waals surface area contributed by atoms with Crippen molar-refractivity contribution in [3.05, 3.63) is 108 Å². The van der Waals surface area contributed by atoms with Gasteiger partial charge in [0.1, 0.15) is 36.3 Å². The first-order valence-corrected chi connectivity index (χ1v) is 28.1. The topological polar surface area (TPSA) is 505 Å². The van der Waals surface area contributed by atoms with E-state index in [4.69, 9.17) is 45.9 Å². The molecule has 3 aromatic heterocycles. The van der Waals surface area contributed by atoms with Crippen LogP contribution in [-0.4, -0.2) is 148 Å². The average Bonchev–Trinajstić information content (AvgIpc) is 3.92. The van der Waals surface area contributed by atoms with Crippen LogP contribution in [-0.2, 0) is 52.8 Å². The monoisotopic (exact) mass is 1170 g/mol. The van der Waals surface area contributed by atoms with Crippen molar-refractivity contribution in [2.24, 2.45) is 60.8 Å². The number of amides is 6. The average molecular weight is 1170 g/mol. The summed E-state index contributed by atoms with van der Waals surface area (Å²) >= 11 is 0. The van der Waals surface area contributed by atoms with Gasteiger partial charge in [-0.05, 0) is 99.2 Å². The molecule has 0 fully saturated rings. The number of aliphatic carboxylic acids is 1. The number of hydrogen-bond acceptors (Lipinski definition) is 12. The van der Waals surface area contributed by atoms with Crippen LogP contribution in [0.2, 0.25) is 0 Å². The van der Waals surface area contributed by atoms with Gasteiger partial charge in [-0.15, -0.1) is 0 Å². The van der Waals surface area contributed by atoms with E-state index in [0.717, 1.165) is 32.7 Å². The smallest absolute Gasteiger partial charge is 0.326 e. The first-order chi connectivity index (χ1) is 40.8. The lowest BCUT2D eigenvalue weighted by Gasteiger charge is -2.28. The van der Waals surface area contributed by atoms with Gasteiger partial charge in [0.2, 0.25) is 35.4 Å². The number of nitrogens with two attached hydrogens (primary N) is 8. The summed E-state index contributed by atoms with van der Waals surface area (Å²) in [6, 6.07) is 12.7. The zero-order valence-corrected chi connectivity index (χ0v) is 47.3. The largest absolute Gasteiger partial charge is 0.480 e. The van der Waals surface area contributed by atoms with Crippen LogP contribution < -0.4 is 77.8 Å². The van der Waals surface area contributed by atoms with Gasteiger partial charge in [-0.1, -0.05) is 54.6 Å². The fraction of sp³-hybridized carbons (Fsp3) is 0.404. The number of aromatic amines is 3. The molecule has 26 N–H and O–H groups in total. The van der Waals surface area contributed by atoms with Gasteiger partial charge in [-0.2, -0.15) is 0 Å². The second-order valence-corrected chi connectivity index (χ2v) is 20.6. The van der Waals surface area contributed by atoms with Crippen molar-refractivity contribution in [1.29, 1.82) is 0 Å². The lowest BCUT2D eigenvalue weighted by Crippen LogP contribution is -2.60. The summed E-state index contributed by atoms with van der Waals surface area (Å²) in [5.41, 5.74) is 49.3. The fourth-order valence-corrected chi connectivity index (χ4v) is 9.77. The number of carbonyl (C=O) groups is 7. The summed E-state index contributed by atoms with van der Waals surface area (Å²) in [6.07, 6.45) is 6.54. The van der Waals surface area contributed by atoms with Crippen molar-refractivity contribution in [2.75, 3.05) is 26.2 Å². The van der Waals surface area contributed by atoms with E-state index >= 15 is 9.59 Å². The van der Waals surface area contributed by atoms with E-state index in [1.807, 2.05) is 72.8 Å². The van der Waals surface area contributed by atoms with E-state index < -0.39 is 83.7 Å². The van der Waals surface area contributed by atoms with Gasteiger partial charge >= 0.3 is 5.97 Å². The van der Waals surface area contributed by atoms with Crippen molar-refractivity contribution in [3.63, 3.8) is 0 Å². The van der Waals surface area contributed by atoms with Crippen molar-refractivity contribution >= 4 is 92.0 Å².